The van der Waals surface area contributed by atoms with Crippen LogP contribution in [0.5, 0.6) is 0 Å². The highest BCUT2D eigenvalue weighted by atomic mass is 32.1. The smallest absolute Gasteiger partial charge is 0.321 e. The SMILES string of the molecule is COC(C)c1nc(CN(C)C(=O)Nc2ccc3c(c2)CCC(=O)N3)cs1. The van der Waals surface area contributed by atoms with E-state index in [1.807, 2.05) is 24.4 Å². The van der Waals surface area contributed by atoms with Crippen LogP contribution in [0.3, 0.4) is 0 Å². The third kappa shape index (κ3) is 4.20. The number of rotatable bonds is 5. The van der Waals surface area contributed by atoms with Crippen molar-refractivity contribution in [2.24, 2.45) is 0 Å². The van der Waals surface area contributed by atoms with E-state index in [9.17, 15) is 9.59 Å². The molecule has 0 spiro atoms. The molecule has 2 N–H and O–H groups in total. The molecule has 1 unspecified atom stereocenters. The zero-order valence-electron chi connectivity index (χ0n) is 15.0. The number of benzene rings is 1. The van der Waals surface area contributed by atoms with Gasteiger partial charge in [-0.1, -0.05) is 0 Å². The molecule has 1 aliphatic rings. The number of amides is 3. The van der Waals surface area contributed by atoms with Crippen LogP contribution in [0.2, 0.25) is 0 Å². The first-order chi connectivity index (χ1) is 12.5. The average molecular weight is 374 g/mol. The van der Waals surface area contributed by atoms with E-state index in [1.54, 1.807) is 25.1 Å². The number of urea groups is 1. The first-order valence-electron chi connectivity index (χ1n) is 8.38. The Morgan fingerprint density at radius 3 is 3.04 bits per heavy atom. The predicted molar refractivity (Wildman–Crippen MR) is 101 cm³/mol. The topological polar surface area (TPSA) is 83.6 Å². The Morgan fingerprint density at radius 1 is 1.46 bits per heavy atom. The maximum Gasteiger partial charge on any atom is 0.321 e. The molecule has 1 atom stereocenters. The summed E-state index contributed by atoms with van der Waals surface area (Å²) in [6, 6.07) is 5.30. The lowest BCUT2D eigenvalue weighted by Gasteiger charge is -2.20. The van der Waals surface area contributed by atoms with Crippen LogP contribution < -0.4 is 10.6 Å². The van der Waals surface area contributed by atoms with Gasteiger partial charge in [0.15, 0.2) is 0 Å². The lowest BCUT2D eigenvalue weighted by Crippen LogP contribution is -2.31. The number of carbonyl (C=O) groups excluding carboxylic acids is 2. The Balaban J connectivity index is 1.61. The Morgan fingerprint density at radius 2 is 2.27 bits per heavy atom. The number of aromatic nitrogens is 1. The summed E-state index contributed by atoms with van der Waals surface area (Å²) in [5.41, 5.74) is 3.39. The van der Waals surface area contributed by atoms with Gasteiger partial charge in [0, 0.05) is 37.3 Å². The van der Waals surface area contributed by atoms with E-state index in [1.165, 1.54) is 11.3 Å². The molecular weight excluding hydrogens is 352 g/mol. The van der Waals surface area contributed by atoms with E-state index in [0.717, 1.165) is 22.0 Å². The Kier molecular flexibility index (Phi) is 5.53. The minimum absolute atomic E-state index is 0.0273. The van der Waals surface area contributed by atoms with Crippen LogP contribution in [0.25, 0.3) is 0 Å². The van der Waals surface area contributed by atoms with Crippen molar-refractivity contribution in [2.75, 3.05) is 24.8 Å². The highest BCUT2D eigenvalue weighted by molar-refractivity contribution is 7.09. The molecule has 26 heavy (non-hydrogen) atoms. The van der Waals surface area contributed by atoms with E-state index in [4.69, 9.17) is 4.74 Å². The van der Waals surface area contributed by atoms with Crippen molar-refractivity contribution in [2.45, 2.75) is 32.4 Å². The molecule has 0 radical (unpaired) electrons. The molecule has 0 bridgehead atoms. The van der Waals surface area contributed by atoms with E-state index in [0.29, 0.717) is 25.1 Å². The number of hydrogen-bond acceptors (Lipinski definition) is 5. The van der Waals surface area contributed by atoms with Crippen LogP contribution in [0.15, 0.2) is 23.6 Å². The second kappa shape index (κ2) is 7.84. The van der Waals surface area contributed by atoms with Gasteiger partial charge in [0.25, 0.3) is 0 Å². The lowest BCUT2D eigenvalue weighted by molar-refractivity contribution is -0.116. The number of nitrogens with one attached hydrogen (secondary N) is 2. The fraction of sp³-hybridized carbons (Fsp3) is 0.389. The summed E-state index contributed by atoms with van der Waals surface area (Å²) < 4.78 is 5.26. The normalized spacial score (nSPS) is 14.3. The van der Waals surface area contributed by atoms with Gasteiger partial charge in [0.05, 0.1) is 12.2 Å². The Hall–Kier alpha value is -2.45. The van der Waals surface area contributed by atoms with Gasteiger partial charge in [-0.2, -0.15) is 0 Å². The summed E-state index contributed by atoms with van der Waals surface area (Å²) in [6.07, 6.45) is 1.10. The van der Waals surface area contributed by atoms with Gasteiger partial charge >= 0.3 is 6.03 Å². The van der Waals surface area contributed by atoms with Crippen LogP contribution >= 0.6 is 11.3 Å². The largest absolute Gasteiger partial charge is 0.375 e. The number of aryl methyl sites for hydroxylation is 1. The fourth-order valence-corrected chi connectivity index (χ4v) is 3.52. The molecule has 1 aromatic carbocycles. The average Bonchev–Trinajstić information content (AvgIpc) is 3.09. The monoisotopic (exact) mass is 374 g/mol. The summed E-state index contributed by atoms with van der Waals surface area (Å²) in [6.45, 7) is 2.36. The molecule has 2 aromatic rings. The number of carbonyl (C=O) groups is 2. The van der Waals surface area contributed by atoms with Crippen molar-refractivity contribution in [3.63, 3.8) is 0 Å². The molecule has 1 aromatic heterocycles. The minimum atomic E-state index is -0.209. The number of anilines is 2. The van der Waals surface area contributed by atoms with E-state index in [2.05, 4.69) is 15.6 Å². The number of fused-ring (bicyclic) bond motifs is 1. The number of thiazole rings is 1. The van der Waals surface area contributed by atoms with Gasteiger partial charge < -0.3 is 20.3 Å². The Bertz CT molecular complexity index is 821. The number of methoxy groups -OCH3 is 1. The highest BCUT2D eigenvalue weighted by Crippen LogP contribution is 2.26. The molecule has 0 saturated carbocycles. The van der Waals surface area contributed by atoms with E-state index >= 15 is 0 Å². The van der Waals surface area contributed by atoms with Gasteiger partial charge in [-0.3, -0.25) is 4.79 Å². The van der Waals surface area contributed by atoms with Gasteiger partial charge in [-0.25, -0.2) is 9.78 Å². The molecule has 3 amide bonds. The summed E-state index contributed by atoms with van der Waals surface area (Å²) in [5, 5.41) is 8.56. The molecular formula is C18H22N4O3S. The van der Waals surface area contributed by atoms with Gasteiger partial charge in [0.1, 0.15) is 11.1 Å². The molecule has 0 fully saturated rings. The van der Waals surface area contributed by atoms with E-state index < -0.39 is 0 Å². The minimum Gasteiger partial charge on any atom is -0.375 e. The van der Waals surface area contributed by atoms with Gasteiger partial charge in [-0.05, 0) is 37.1 Å². The van der Waals surface area contributed by atoms with E-state index in [-0.39, 0.29) is 18.0 Å². The van der Waals surface area contributed by atoms with Crippen LogP contribution in [-0.4, -0.2) is 36.0 Å². The highest BCUT2D eigenvalue weighted by Gasteiger charge is 2.17. The zero-order valence-corrected chi connectivity index (χ0v) is 15.9. The standard InChI is InChI=1S/C18H22N4O3S/c1-11(25-3)17-19-14(10-26-17)9-22(2)18(24)20-13-5-6-15-12(8-13)4-7-16(23)21-15/h5-6,8,10-11H,4,7,9H2,1-3H3,(H,20,24)(H,21,23). The summed E-state index contributed by atoms with van der Waals surface area (Å²) in [5.74, 6) is 0.0273. The first-order valence-corrected chi connectivity index (χ1v) is 9.26. The van der Waals surface area contributed by atoms with Gasteiger partial charge in [0.2, 0.25) is 5.91 Å². The lowest BCUT2D eigenvalue weighted by atomic mass is 10.0. The Labute approximate surface area is 156 Å². The first kappa shape index (κ1) is 18.3. The summed E-state index contributed by atoms with van der Waals surface area (Å²) in [4.78, 5) is 29.9. The predicted octanol–water partition coefficient (Wildman–Crippen LogP) is 3.40. The quantitative estimate of drug-likeness (QED) is 0.840. The molecule has 0 saturated heterocycles. The van der Waals surface area contributed by atoms with Crippen LogP contribution in [0.4, 0.5) is 16.2 Å². The third-order valence-corrected chi connectivity index (χ3v) is 5.32. The molecule has 8 heteroatoms. The second-order valence-electron chi connectivity index (χ2n) is 6.26. The number of ether oxygens (including phenoxy) is 1. The third-order valence-electron chi connectivity index (χ3n) is 4.27. The maximum atomic E-state index is 12.4. The number of hydrogen-bond donors (Lipinski definition) is 2. The molecule has 1 aliphatic heterocycles. The molecule has 2 heterocycles. The van der Waals surface area contributed by atoms with Gasteiger partial charge in [-0.15, -0.1) is 11.3 Å². The van der Waals surface area contributed by atoms with Crippen LogP contribution in [0, 0.1) is 0 Å². The van der Waals surface area contributed by atoms with Crippen molar-refractivity contribution in [3.8, 4) is 0 Å². The maximum absolute atomic E-state index is 12.4. The van der Waals surface area contributed by atoms with Crippen molar-refractivity contribution >= 4 is 34.6 Å². The summed E-state index contributed by atoms with van der Waals surface area (Å²) >= 11 is 1.53. The van der Waals surface area contributed by atoms with Crippen molar-refractivity contribution < 1.29 is 14.3 Å². The van der Waals surface area contributed by atoms with Crippen LogP contribution in [0.1, 0.15) is 35.7 Å². The van der Waals surface area contributed by atoms with Crippen molar-refractivity contribution in [1.29, 1.82) is 0 Å². The second-order valence-corrected chi connectivity index (χ2v) is 7.15. The molecule has 3 rings (SSSR count). The molecule has 138 valence electrons. The summed E-state index contributed by atoms with van der Waals surface area (Å²) in [7, 11) is 3.38. The molecule has 7 nitrogen and oxygen atoms in total. The van der Waals surface area contributed by atoms with Crippen LogP contribution in [-0.2, 0) is 22.5 Å². The number of nitrogens with zero attached hydrogens (tertiary/aromatic N) is 2. The molecule has 0 aliphatic carbocycles. The fourth-order valence-electron chi connectivity index (χ4n) is 2.68. The van der Waals surface area contributed by atoms with Crippen molar-refractivity contribution in [1.82, 2.24) is 9.88 Å². The van der Waals surface area contributed by atoms with Crippen molar-refractivity contribution in [3.05, 3.63) is 39.8 Å². The zero-order chi connectivity index (χ0) is 18.7.